The van der Waals surface area contributed by atoms with Gasteiger partial charge in [-0.05, 0) is 47.7 Å². The van der Waals surface area contributed by atoms with Gasteiger partial charge in [0.1, 0.15) is 11.0 Å². The molecule has 3 aromatic rings. The van der Waals surface area contributed by atoms with Gasteiger partial charge < -0.3 is 0 Å². The zero-order chi connectivity index (χ0) is 18.9. The molecule has 3 rings (SSSR count). The Bertz CT molecular complexity index is 1010. The third-order valence-corrected chi connectivity index (χ3v) is 6.24. The molecule has 26 heavy (non-hydrogen) atoms. The number of aromatic nitrogens is 3. The van der Waals surface area contributed by atoms with Crippen molar-refractivity contribution in [1.29, 1.82) is 0 Å². The van der Waals surface area contributed by atoms with Crippen LogP contribution in [0.2, 0.25) is 0 Å². The topological polar surface area (TPSA) is 64.8 Å². The fourth-order valence-corrected chi connectivity index (χ4v) is 4.22. The zero-order valence-corrected chi connectivity index (χ0v) is 16.5. The Morgan fingerprint density at radius 1 is 0.962 bits per heavy atom. The maximum absolute atomic E-state index is 12.4. The molecule has 1 heterocycles. The molecule has 138 valence electrons. The molecule has 0 spiro atoms. The second-order valence-electron chi connectivity index (χ2n) is 7.61. The minimum Gasteiger partial charge on any atom is -0.224 e. The van der Waals surface area contributed by atoms with Gasteiger partial charge in [-0.25, -0.2) is 8.42 Å². The van der Waals surface area contributed by atoms with Gasteiger partial charge in [-0.1, -0.05) is 46.2 Å². The van der Waals surface area contributed by atoms with Gasteiger partial charge in [-0.3, -0.25) is 0 Å². The lowest BCUT2D eigenvalue weighted by molar-refractivity contribution is 0.589. The number of fused-ring (bicyclic) bond motifs is 1. The first-order valence-electron chi connectivity index (χ1n) is 8.91. The van der Waals surface area contributed by atoms with Crippen LogP contribution in [0.5, 0.6) is 0 Å². The zero-order valence-electron chi connectivity index (χ0n) is 15.7. The van der Waals surface area contributed by atoms with E-state index in [1.54, 1.807) is 23.0 Å². The molecule has 0 fully saturated rings. The second kappa shape index (κ2) is 6.83. The molecule has 0 aliphatic rings. The van der Waals surface area contributed by atoms with Crippen LogP contribution in [0.15, 0.2) is 47.4 Å². The van der Waals surface area contributed by atoms with Crippen LogP contribution < -0.4 is 0 Å². The average Bonchev–Trinajstić information content (AvgIpc) is 3.02. The lowest BCUT2D eigenvalue weighted by Gasteiger charge is -2.18. The summed E-state index contributed by atoms with van der Waals surface area (Å²) in [5.74, 6) is 0.164. The molecule has 1 aromatic heterocycles. The summed E-state index contributed by atoms with van der Waals surface area (Å²) in [5, 5.41) is 8.94. The van der Waals surface area contributed by atoms with Crippen molar-refractivity contribution in [2.45, 2.75) is 50.8 Å². The van der Waals surface area contributed by atoms with E-state index >= 15 is 0 Å². The summed E-state index contributed by atoms with van der Waals surface area (Å²) >= 11 is 0. The van der Waals surface area contributed by atoms with Gasteiger partial charge in [0.2, 0.25) is 0 Å². The maximum atomic E-state index is 12.4. The minimum absolute atomic E-state index is 0.0859. The predicted octanol–water partition coefficient (Wildman–Crippen LogP) is 4.29. The Morgan fingerprint density at radius 3 is 2.23 bits per heavy atom. The molecule has 0 radical (unpaired) electrons. The Balaban J connectivity index is 1.95. The summed E-state index contributed by atoms with van der Waals surface area (Å²) in [6, 6.07) is 13.1. The highest BCUT2D eigenvalue weighted by atomic mass is 32.2. The lowest BCUT2D eigenvalue weighted by Crippen LogP contribution is -2.11. The van der Waals surface area contributed by atoms with Gasteiger partial charge in [0.05, 0.1) is 16.3 Å². The molecule has 0 aliphatic heterocycles. The monoisotopic (exact) mass is 371 g/mol. The van der Waals surface area contributed by atoms with Gasteiger partial charge in [-0.2, -0.15) is 4.80 Å². The fraction of sp³-hybridized carbons (Fsp3) is 0.400. The van der Waals surface area contributed by atoms with Gasteiger partial charge >= 0.3 is 0 Å². The highest BCUT2D eigenvalue weighted by Gasteiger charge is 2.16. The lowest BCUT2D eigenvalue weighted by atomic mass is 9.87. The van der Waals surface area contributed by atoms with Gasteiger partial charge in [0.15, 0.2) is 9.84 Å². The predicted molar refractivity (Wildman–Crippen MR) is 105 cm³/mol. The van der Waals surface area contributed by atoms with Crippen LogP contribution in [0.25, 0.3) is 16.7 Å². The molecule has 6 heteroatoms. The summed E-state index contributed by atoms with van der Waals surface area (Å²) in [6.07, 6.45) is 1.51. The SMILES string of the molecule is CCCCS(=O)(=O)c1ccc2nn(-c3ccc(C(C)(C)C)cc3)nc2c1. The Hall–Kier alpha value is -2.21. The first-order chi connectivity index (χ1) is 12.2. The number of rotatable bonds is 5. The van der Waals surface area contributed by atoms with E-state index in [0.29, 0.717) is 22.3 Å². The van der Waals surface area contributed by atoms with Crippen LogP contribution in [0, 0.1) is 0 Å². The number of unbranched alkanes of at least 4 members (excludes halogenated alkanes) is 1. The van der Waals surface area contributed by atoms with Gasteiger partial charge in [0.25, 0.3) is 0 Å². The highest BCUT2D eigenvalue weighted by Crippen LogP contribution is 2.24. The summed E-state index contributed by atoms with van der Waals surface area (Å²) in [4.78, 5) is 1.87. The summed E-state index contributed by atoms with van der Waals surface area (Å²) in [5.41, 5.74) is 3.44. The van der Waals surface area contributed by atoms with E-state index in [2.05, 4.69) is 43.1 Å². The van der Waals surface area contributed by atoms with Crippen LogP contribution in [0.3, 0.4) is 0 Å². The van der Waals surface area contributed by atoms with E-state index < -0.39 is 9.84 Å². The van der Waals surface area contributed by atoms with E-state index in [1.807, 2.05) is 19.1 Å². The van der Waals surface area contributed by atoms with Crippen molar-refractivity contribution in [2.75, 3.05) is 5.75 Å². The largest absolute Gasteiger partial charge is 0.224 e. The van der Waals surface area contributed by atoms with Gasteiger partial charge in [0, 0.05) is 0 Å². The van der Waals surface area contributed by atoms with Crippen LogP contribution in [-0.2, 0) is 15.3 Å². The van der Waals surface area contributed by atoms with Crippen LogP contribution >= 0.6 is 0 Å². The first kappa shape index (κ1) is 18.6. The molecule has 5 nitrogen and oxygen atoms in total. The summed E-state index contributed by atoms with van der Waals surface area (Å²) < 4.78 is 24.8. The van der Waals surface area contributed by atoms with Crippen LogP contribution in [0.1, 0.15) is 46.1 Å². The highest BCUT2D eigenvalue weighted by molar-refractivity contribution is 7.91. The van der Waals surface area contributed by atoms with E-state index in [9.17, 15) is 8.42 Å². The molecule has 0 atom stereocenters. The maximum Gasteiger partial charge on any atom is 0.178 e. The molecule has 0 saturated heterocycles. The van der Waals surface area contributed by atoms with Crippen LogP contribution in [-0.4, -0.2) is 29.2 Å². The van der Waals surface area contributed by atoms with E-state index in [4.69, 9.17) is 0 Å². The van der Waals surface area contributed by atoms with Crippen molar-refractivity contribution in [3.05, 3.63) is 48.0 Å². The summed E-state index contributed by atoms with van der Waals surface area (Å²) in [7, 11) is -3.27. The smallest absolute Gasteiger partial charge is 0.178 e. The third-order valence-electron chi connectivity index (χ3n) is 4.44. The van der Waals surface area contributed by atoms with Crippen molar-refractivity contribution < 1.29 is 8.42 Å². The quantitative estimate of drug-likeness (QED) is 0.671. The Kier molecular flexibility index (Phi) is 4.88. The van der Waals surface area contributed by atoms with Crippen molar-refractivity contribution in [3.63, 3.8) is 0 Å². The average molecular weight is 372 g/mol. The van der Waals surface area contributed by atoms with Crippen molar-refractivity contribution >= 4 is 20.9 Å². The van der Waals surface area contributed by atoms with E-state index in [-0.39, 0.29) is 11.2 Å². The molecule has 0 saturated carbocycles. The molecule has 0 N–H and O–H groups in total. The number of hydrogen-bond donors (Lipinski definition) is 0. The standard InChI is InChI=1S/C20H25N3O2S/c1-5-6-13-26(24,25)17-11-12-18-19(14-17)22-23(21-18)16-9-7-15(8-10-16)20(2,3)4/h7-12,14H,5-6,13H2,1-4H3. The van der Waals surface area contributed by atoms with Crippen LogP contribution in [0.4, 0.5) is 0 Å². The Morgan fingerprint density at radius 2 is 1.62 bits per heavy atom. The van der Waals surface area contributed by atoms with E-state index in [1.165, 1.54) is 5.56 Å². The van der Waals surface area contributed by atoms with Crippen molar-refractivity contribution in [2.24, 2.45) is 0 Å². The first-order valence-corrected chi connectivity index (χ1v) is 10.6. The molecule has 0 bridgehead atoms. The number of benzene rings is 2. The number of hydrogen-bond acceptors (Lipinski definition) is 4. The third kappa shape index (κ3) is 3.80. The second-order valence-corrected chi connectivity index (χ2v) is 9.72. The molecule has 0 unspecified atom stereocenters. The molecule has 0 aliphatic carbocycles. The van der Waals surface area contributed by atoms with E-state index in [0.717, 1.165) is 12.1 Å². The number of nitrogens with zero attached hydrogens (tertiary/aromatic N) is 3. The minimum atomic E-state index is -3.27. The molecular weight excluding hydrogens is 346 g/mol. The summed E-state index contributed by atoms with van der Waals surface area (Å²) in [6.45, 7) is 8.49. The van der Waals surface area contributed by atoms with Crippen molar-refractivity contribution in [1.82, 2.24) is 15.0 Å². The molecule has 0 amide bonds. The molecule has 2 aromatic carbocycles. The molecular formula is C20H25N3O2S. The number of sulfone groups is 1. The normalized spacial score (nSPS) is 12.6. The fourth-order valence-electron chi connectivity index (χ4n) is 2.75. The van der Waals surface area contributed by atoms with Gasteiger partial charge in [-0.15, -0.1) is 10.2 Å². The Labute approximate surface area is 155 Å². The van der Waals surface area contributed by atoms with Crippen molar-refractivity contribution in [3.8, 4) is 5.69 Å².